The zero-order chi connectivity index (χ0) is 19.6. The fraction of sp³-hybridized carbons (Fsp3) is 0.0526. The zero-order valence-corrected chi connectivity index (χ0v) is 14.1. The van der Waals surface area contributed by atoms with E-state index < -0.39 is 22.9 Å². The molecule has 27 heavy (non-hydrogen) atoms. The van der Waals surface area contributed by atoms with Crippen LogP contribution in [-0.4, -0.2) is 26.7 Å². The molecule has 0 saturated heterocycles. The first-order chi connectivity index (χ1) is 12.9. The summed E-state index contributed by atoms with van der Waals surface area (Å²) in [5.41, 5.74) is -0.796. The lowest BCUT2D eigenvalue weighted by molar-refractivity contribution is 0.101. The van der Waals surface area contributed by atoms with E-state index in [0.29, 0.717) is 11.3 Å². The lowest BCUT2D eigenvalue weighted by Crippen LogP contribution is -2.31. The quantitative estimate of drug-likeness (QED) is 0.545. The van der Waals surface area contributed by atoms with Crippen molar-refractivity contribution in [1.29, 1.82) is 0 Å². The number of aromatic nitrogens is 2. The second-order valence-corrected chi connectivity index (χ2v) is 5.67. The number of nitrogens with one attached hydrogen (secondary N) is 1. The maximum Gasteiger partial charge on any atom is 0.335 e. The van der Waals surface area contributed by atoms with Crippen molar-refractivity contribution in [3.05, 3.63) is 86.3 Å². The highest BCUT2D eigenvalue weighted by molar-refractivity contribution is 5.94. The Morgan fingerprint density at radius 2 is 1.74 bits per heavy atom. The van der Waals surface area contributed by atoms with E-state index in [0.717, 1.165) is 22.9 Å². The van der Waals surface area contributed by atoms with Crippen molar-refractivity contribution < 1.29 is 14.3 Å². The number of aliphatic imine (C=N–C) groups is 1. The smallest absolute Gasteiger partial charge is 0.335 e. The van der Waals surface area contributed by atoms with Gasteiger partial charge in [0.15, 0.2) is 5.78 Å². The molecule has 0 atom stereocenters. The normalized spacial score (nSPS) is 11.0. The number of halogens is 1. The number of rotatable bonds is 4. The molecule has 3 aromatic rings. The molecule has 7 nitrogen and oxygen atoms in total. The molecular formula is C19H14FN3O4. The molecule has 0 spiro atoms. The fourth-order valence-corrected chi connectivity index (χ4v) is 2.41. The predicted molar refractivity (Wildman–Crippen MR) is 98.0 cm³/mol. The van der Waals surface area contributed by atoms with E-state index in [1.807, 2.05) is 0 Å². The minimum Gasteiger partial charge on any atom is -0.493 e. The predicted octanol–water partition coefficient (Wildman–Crippen LogP) is 2.32. The van der Waals surface area contributed by atoms with Crippen molar-refractivity contribution in [2.75, 3.05) is 0 Å². The van der Waals surface area contributed by atoms with Crippen LogP contribution in [0.15, 0.2) is 63.1 Å². The maximum atomic E-state index is 13.1. The first-order valence-electron chi connectivity index (χ1n) is 7.86. The second kappa shape index (κ2) is 7.20. The van der Waals surface area contributed by atoms with Crippen molar-refractivity contribution in [2.24, 2.45) is 4.99 Å². The number of hydrogen-bond acceptors (Lipinski definition) is 5. The number of carbonyl (C=O) groups excluding carboxylic acids is 1. The molecule has 0 bridgehead atoms. The number of carbonyl (C=O) groups is 1. The van der Waals surface area contributed by atoms with Crippen LogP contribution in [0.25, 0.3) is 5.69 Å². The largest absolute Gasteiger partial charge is 0.493 e. The Bertz CT molecular complexity index is 1140. The van der Waals surface area contributed by atoms with Crippen LogP contribution in [0.3, 0.4) is 0 Å². The number of Topliss-reactive ketones (excluding diaryl/α,β-unsaturated/α-hetero) is 1. The van der Waals surface area contributed by atoms with Crippen molar-refractivity contribution in [1.82, 2.24) is 9.55 Å². The van der Waals surface area contributed by atoms with Crippen LogP contribution in [-0.2, 0) is 0 Å². The Morgan fingerprint density at radius 1 is 1.11 bits per heavy atom. The molecule has 0 unspecified atom stereocenters. The van der Waals surface area contributed by atoms with Gasteiger partial charge in [-0.2, -0.15) is 0 Å². The number of ketones is 1. The number of aromatic hydroxyl groups is 1. The SMILES string of the molecule is CC(=O)c1ccc(N=Cc2c(O)n(-c3ccc(F)cc3)c(=O)[nH]c2=O)cc1. The van der Waals surface area contributed by atoms with Crippen LogP contribution in [0.5, 0.6) is 5.88 Å². The number of nitrogens with zero attached hydrogens (tertiary/aromatic N) is 2. The molecule has 3 rings (SSSR count). The zero-order valence-electron chi connectivity index (χ0n) is 14.1. The molecule has 0 saturated carbocycles. The van der Waals surface area contributed by atoms with Crippen LogP contribution in [0.1, 0.15) is 22.8 Å². The Hall–Kier alpha value is -3.81. The van der Waals surface area contributed by atoms with E-state index in [1.165, 1.54) is 19.1 Å². The van der Waals surface area contributed by atoms with Crippen LogP contribution >= 0.6 is 0 Å². The maximum absolute atomic E-state index is 13.1. The average Bonchev–Trinajstić information content (AvgIpc) is 2.63. The van der Waals surface area contributed by atoms with E-state index in [9.17, 15) is 23.9 Å². The Morgan fingerprint density at radius 3 is 2.33 bits per heavy atom. The number of aromatic amines is 1. The highest BCUT2D eigenvalue weighted by atomic mass is 19.1. The summed E-state index contributed by atoms with van der Waals surface area (Å²) in [5.74, 6) is -1.23. The monoisotopic (exact) mass is 367 g/mol. The summed E-state index contributed by atoms with van der Waals surface area (Å²) in [7, 11) is 0. The Labute approximate surface area is 152 Å². The van der Waals surface area contributed by atoms with E-state index in [4.69, 9.17) is 0 Å². The third-order valence-corrected chi connectivity index (χ3v) is 3.82. The summed E-state index contributed by atoms with van der Waals surface area (Å²) in [6.07, 6.45) is 1.11. The summed E-state index contributed by atoms with van der Waals surface area (Å²) in [5, 5.41) is 10.4. The molecule has 2 aromatic carbocycles. The van der Waals surface area contributed by atoms with E-state index in [-0.39, 0.29) is 17.0 Å². The molecule has 1 heterocycles. The van der Waals surface area contributed by atoms with Gasteiger partial charge in [-0.3, -0.25) is 19.6 Å². The molecule has 0 amide bonds. The molecule has 8 heteroatoms. The summed E-state index contributed by atoms with van der Waals surface area (Å²) in [4.78, 5) is 41.5. The summed E-state index contributed by atoms with van der Waals surface area (Å²) < 4.78 is 13.9. The van der Waals surface area contributed by atoms with Crippen LogP contribution in [0.2, 0.25) is 0 Å². The molecule has 0 aliphatic rings. The first kappa shape index (κ1) is 18.0. The van der Waals surface area contributed by atoms with Gasteiger partial charge in [0.25, 0.3) is 5.56 Å². The van der Waals surface area contributed by atoms with Crippen LogP contribution in [0, 0.1) is 5.82 Å². The van der Waals surface area contributed by atoms with E-state index in [1.54, 1.807) is 24.3 Å². The molecule has 136 valence electrons. The lowest BCUT2D eigenvalue weighted by Gasteiger charge is -2.09. The highest BCUT2D eigenvalue weighted by Crippen LogP contribution is 2.17. The standard InChI is InChI=1S/C19H14FN3O4/c1-11(24)12-2-6-14(7-3-12)21-10-16-17(25)22-19(27)23(18(16)26)15-8-4-13(20)5-9-15/h2-10,26H,1H3,(H,22,25,27). The fourth-order valence-electron chi connectivity index (χ4n) is 2.41. The Balaban J connectivity index is 2.04. The van der Waals surface area contributed by atoms with Gasteiger partial charge < -0.3 is 5.11 Å². The topological polar surface area (TPSA) is 105 Å². The summed E-state index contributed by atoms with van der Waals surface area (Å²) in [6.45, 7) is 1.44. The van der Waals surface area contributed by atoms with Gasteiger partial charge in [0.2, 0.25) is 5.88 Å². The third kappa shape index (κ3) is 3.74. The number of benzene rings is 2. The van der Waals surface area contributed by atoms with E-state index >= 15 is 0 Å². The van der Waals surface area contributed by atoms with Gasteiger partial charge in [-0.1, -0.05) is 0 Å². The minimum absolute atomic E-state index is 0.0917. The van der Waals surface area contributed by atoms with Gasteiger partial charge in [0.1, 0.15) is 11.4 Å². The minimum atomic E-state index is -0.868. The Kier molecular flexibility index (Phi) is 4.80. The van der Waals surface area contributed by atoms with Crippen LogP contribution < -0.4 is 11.2 Å². The van der Waals surface area contributed by atoms with Gasteiger partial charge in [-0.25, -0.2) is 13.8 Å². The van der Waals surface area contributed by atoms with Crippen molar-refractivity contribution in [2.45, 2.75) is 6.92 Å². The van der Waals surface area contributed by atoms with Crippen molar-refractivity contribution in [3.8, 4) is 11.6 Å². The lowest BCUT2D eigenvalue weighted by atomic mass is 10.1. The third-order valence-electron chi connectivity index (χ3n) is 3.82. The van der Waals surface area contributed by atoms with Gasteiger partial charge in [-0.15, -0.1) is 0 Å². The molecule has 0 fully saturated rings. The molecule has 0 aliphatic carbocycles. The highest BCUT2D eigenvalue weighted by Gasteiger charge is 2.14. The first-order valence-corrected chi connectivity index (χ1v) is 7.86. The molecular weight excluding hydrogens is 353 g/mol. The van der Waals surface area contributed by atoms with Gasteiger partial charge in [0.05, 0.1) is 11.4 Å². The van der Waals surface area contributed by atoms with E-state index in [2.05, 4.69) is 9.98 Å². The van der Waals surface area contributed by atoms with Crippen molar-refractivity contribution in [3.63, 3.8) is 0 Å². The van der Waals surface area contributed by atoms with Crippen LogP contribution in [0.4, 0.5) is 10.1 Å². The van der Waals surface area contributed by atoms with Gasteiger partial charge in [0, 0.05) is 11.8 Å². The number of hydrogen-bond donors (Lipinski definition) is 2. The molecule has 0 aliphatic heterocycles. The summed E-state index contributed by atoms with van der Waals surface area (Å²) in [6, 6.07) is 11.1. The van der Waals surface area contributed by atoms with Crippen molar-refractivity contribution >= 4 is 17.7 Å². The van der Waals surface area contributed by atoms with Gasteiger partial charge in [-0.05, 0) is 55.5 Å². The summed E-state index contributed by atoms with van der Waals surface area (Å²) >= 11 is 0. The molecule has 1 aromatic heterocycles. The second-order valence-electron chi connectivity index (χ2n) is 5.67. The average molecular weight is 367 g/mol. The number of H-pyrrole nitrogens is 1. The van der Waals surface area contributed by atoms with Gasteiger partial charge >= 0.3 is 5.69 Å². The molecule has 2 N–H and O–H groups in total. The molecule has 0 radical (unpaired) electrons.